The zero-order valence-corrected chi connectivity index (χ0v) is 12.1. The van der Waals surface area contributed by atoms with Crippen LogP contribution in [0.2, 0.25) is 0 Å². The van der Waals surface area contributed by atoms with E-state index in [0.29, 0.717) is 36.6 Å². The van der Waals surface area contributed by atoms with Gasteiger partial charge in [-0.05, 0) is 36.7 Å². The van der Waals surface area contributed by atoms with E-state index < -0.39 is 0 Å². The van der Waals surface area contributed by atoms with Crippen molar-refractivity contribution in [2.45, 2.75) is 40.0 Å². The number of nitrogens with two attached hydrogens (primary N) is 1. The molecule has 0 bridgehead atoms. The highest BCUT2D eigenvalue weighted by molar-refractivity contribution is 5.49. The summed E-state index contributed by atoms with van der Waals surface area (Å²) in [5, 5.41) is 0. The largest absolute Gasteiger partial charge is 0.478 e. The van der Waals surface area contributed by atoms with Crippen molar-refractivity contribution < 1.29 is 9.47 Å². The number of hydrogen-bond acceptors (Lipinski definition) is 4. The second-order valence-electron chi connectivity index (χ2n) is 6.46. The van der Waals surface area contributed by atoms with Crippen LogP contribution in [0.4, 0.5) is 5.69 Å². The molecule has 2 N–H and O–H groups in total. The molecule has 1 heterocycles. The highest BCUT2D eigenvalue weighted by atomic mass is 16.5. The van der Waals surface area contributed by atoms with Crippen LogP contribution >= 0.6 is 0 Å². The van der Waals surface area contributed by atoms with Gasteiger partial charge in [0.05, 0.1) is 18.9 Å². The summed E-state index contributed by atoms with van der Waals surface area (Å²) >= 11 is 0. The van der Waals surface area contributed by atoms with Crippen LogP contribution in [0.3, 0.4) is 0 Å². The first-order valence-corrected chi connectivity index (χ1v) is 6.96. The summed E-state index contributed by atoms with van der Waals surface area (Å²) in [5.74, 6) is 1.77. The van der Waals surface area contributed by atoms with Crippen molar-refractivity contribution in [2.24, 2.45) is 11.3 Å². The number of nitrogens with zero attached hydrogens (tertiary/aromatic N) is 1. The van der Waals surface area contributed by atoms with Crippen molar-refractivity contribution in [3.05, 3.63) is 12.1 Å². The van der Waals surface area contributed by atoms with Gasteiger partial charge in [0, 0.05) is 6.07 Å². The SMILES string of the molecule is CC(C)(C)CCOc1ccc(N)c(OCC2CC2)n1. The van der Waals surface area contributed by atoms with Crippen LogP contribution in [0, 0.1) is 11.3 Å². The molecule has 2 rings (SSSR count). The fourth-order valence-electron chi connectivity index (χ4n) is 1.57. The summed E-state index contributed by atoms with van der Waals surface area (Å²) in [6, 6.07) is 3.59. The average Bonchev–Trinajstić information content (AvgIpc) is 3.12. The van der Waals surface area contributed by atoms with Crippen LogP contribution in [-0.4, -0.2) is 18.2 Å². The monoisotopic (exact) mass is 264 g/mol. The molecule has 0 atom stereocenters. The molecule has 0 radical (unpaired) electrons. The van der Waals surface area contributed by atoms with Crippen LogP contribution in [0.5, 0.6) is 11.8 Å². The Labute approximate surface area is 115 Å². The Balaban J connectivity index is 1.87. The zero-order chi connectivity index (χ0) is 13.9. The van der Waals surface area contributed by atoms with Gasteiger partial charge in [0.2, 0.25) is 11.8 Å². The van der Waals surface area contributed by atoms with E-state index in [0.717, 1.165) is 6.42 Å². The molecular weight excluding hydrogens is 240 g/mol. The molecule has 0 amide bonds. The molecule has 4 nitrogen and oxygen atoms in total. The third-order valence-corrected chi connectivity index (χ3v) is 3.12. The van der Waals surface area contributed by atoms with E-state index in [1.165, 1.54) is 12.8 Å². The van der Waals surface area contributed by atoms with E-state index in [1.807, 2.05) is 0 Å². The van der Waals surface area contributed by atoms with E-state index >= 15 is 0 Å². The first-order chi connectivity index (χ1) is 8.94. The molecule has 106 valence electrons. The van der Waals surface area contributed by atoms with E-state index in [1.54, 1.807) is 12.1 Å². The van der Waals surface area contributed by atoms with Gasteiger partial charge < -0.3 is 15.2 Å². The average molecular weight is 264 g/mol. The molecule has 1 saturated carbocycles. The second-order valence-corrected chi connectivity index (χ2v) is 6.46. The lowest BCUT2D eigenvalue weighted by Gasteiger charge is -2.18. The van der Waals surface area contributed by atoms with Gasteiger partial charge in [0.15, 0.2) is 0 Å². The van der Waals surface area contributed by atoms with Crippen molar-refractivity contribution in [3.8, 4) is 11.8 Å². The normalized spacial score (nSPS) is 15.3. The first kappa shape index (κ1) is 14.0. The van der Waals surface area contributed by atoms with E-state index in [4.69, 9.17) is 15.2 Å². The van der Waals surface area contributed by atoms with Gasteiger partial charge in [-0.3, -0.25) is 0 Å². The number of ether oxygens (including phenoxy) is 2. The third kappa shape index (κ3) is 4.97. The van der Waals surface area contributed by atoms with Gasteiger partial charge in [-0.25, -0.2) is 0 Å². The molecule has 0 unspecified atom stereocenters. The van der Waals surface area contributed by atoms with E-state index in [9.17, 15) is 0 Å². The van der Waals surface area contributed by atoms with Crippen LogP contribution in [0.25, 0.3) is 0 Å². The van der Waals surface area contributed by atoms with Crippen molar-refractivity contribution in [1.82, 2.24) is 4.98 Å². The molecule has 0 aliphatic heterocycles. The molecule has 4 heteroatoms. The van der Waals surface area contributed by atoms with E-state index in [2.05, 4.69) is 25.8 Å². The van der Waals surface area contributed by atoms with Gasteiger partial charge in [-0.2, -0.15) is 4.98 Å². The zero-order valence-electron chi connectivity index (χ0n) is 12.1. The topological polar surface area (TPSA) is 57.4 Å². The Morgan fingerprint density at radius 3 is 2.63 bits per heavy atom. The molecule has 1 aromatic rings. The van der Waals surface area contributed by atoms with Gasteiger partial charge in [0.25, 0.3) is 0 Å². The van der Waals surface area contributed by atoms with Gasteiger partial charge in [-0.15, -0.1) is 0 Å². The van der Waals surface area contributed by atoms with Crippen LogP contribution < -0.4 is 15.2 Å². The number of nitrogen functional groups attached to an aromatic ring is 1. The Bertz CT molecular complexity index is 423. The highest BCUT2D eigenvalue weighted by Gasteiger charge is 2.22. The number of hydrogen-bond donors (Lipinski definition) is 1. The number of pyridine rings is 1. The number of rotatable bonds is 6. The Morgan fingerprint density at radius 1 is 1.26 bits per heavy atom. The molecule has 0 aromatic carbocycles. The third-order valence-electron chi connectivity index (χ3n) is 3.12. The predicted octanol–water partition coefficient (Wildman–Crippen LogP) is 3.27. The van der Waals surface area contributed by atoms with Crippen molar-refractivity contribution in [3.63, 3.8) is 0 Å². The lowest BCUT2D eigenvalue weighted by molar-refractivity contribution is 0.230. The quantitative estimate of drug-likeness (QED) is 0.856. The van der Waals surface area contributed by atoms with Gasteiger partial charge in [-0.1, -0.05) is 20.8 Å². The summed E-state index contributed by atoms with van der Waals surface area (Å²) < 4.78 is 11.3. The fourth-order valence-corrected chi connectivity index (χ4v) is 1.57. The number of aromatic nitrogens is 1. The lowest BCUT2D eigenvalue weighted by Crippen LogP contribution is -2.12. The van der Waals surface area contributed by atoms with Crippen LogP contribution in [-0.2, 0) is 0 Å². The standard InChI is InChI=1S/C15H24N2O2/c1-15(2,3)8-9-18-13-7-6-12(16)14(17-13)19-10-11-4-5-11/h6-7,11H,4-5,8-10,16H2,1-3H3. The summed E-state index contributed by atoms with van der Waals surface area (Å²) in [4.78, 5) is 4.32. The van der Waals surface area contributed by atoms with Crippen LogP contribution in [0.1, 0.15) is 40.0 Å². The number of anilines is 1. The Hall–Kier alpha value is -1.45. The first-order valence-electron chi connectivity index (χ1n) is 6.96. The molecular formula is C15H24N2O2. The summed E-state index contributed by atoms with van der Waals surface area (Å²) in [6.07, 6.45) is 3.49. The molecule has 19 heavy (non-hydrogen) atoms. The molecule has 1 fully saturated rings. The Morgan fingerprint density at radius 2 is 2.00 bits per heavy atom. The van der Waals surface area contributed by atoms with Crippen LogP contribution in [0.15, 0.2) is 12.1 Å². The summed E-state index contributed by atoms with van der Waals surface area (Å²) in [7, 11) is 0. The van der Waals surface area contributed by atoms with Gasteiger partial charge in [0.1, 0.15) is 0 Å². The smallest absolute Gasteiger partial charge is 0.240 e. The Kier molecular flexibility index (Phi) is 4.17. The second kappa shape index (κ2) is 5.68. The molecule has 0 saturated heterocycles. The lowest BCUT2D eigenvalue weighted by atomic mass is 9.93. The minimum absolute atomic E-state index is 0.263. The molecule has 1 aliphatic rings. The maximum absolute atomic E-state index is 5.85. The maximum Gasteiger partial charge on any atom is 0.240 e. The molecule has 0 spiro atoms. The van der Waals surface area contributed by atoms with Crippen molar-refractivity contribution in [2.75, 3.05) is 18.9 Å². The van der Waals surface area contributed by atoms with E-state index in [-0.39, 0.29) is 5.41 Å². The minimum Gasteiger partial charge on any atom is -0.478 e. The maximum atomic E-state index is 5.85. The van der Waals surface area contributed by atoms with Crippen molar-refractivity contribution >= 4 is 5.69 Å². The highest BCUT2D eigenvalue weighted by Crippen LogP contribution is 2.31. The summed E-state index contributed by atoms with van der Waals surface area (Å²) in [6.45, 7) is 7.94. The minimum atomic E-state index is 0.263. The summed E-state index contributed by atoms with van der Waals surface area (Å²) in [5.41, 5.74) is 6.69. The van der Waals surface area contributed by atoms with Crippen molar-refractivity contribution in [1.29, 1.82) is 0 Å². The van der Waals surface area contributed by atoms with Gasteiger partial charge >= 0.3 is 0 Å². The molecule has 1 aromatic heterocycles. The predicted molar refractivity (Wildman–Crippen MR) is 76.4 cm³/mol. The fraction of sp³-hybridized carbons (Fsp3) is 0.667. The molecule has 1 aliphatic carbocycles.